The zero-order valence-corrected chi connectivity index (χ0v) is 22.2. The highest BCUT2D eigenvalue weighted by molar-refractivity contribution is 6.00. The van der Waals surface area contributed by atoms with Gasteiger partial charge in [0, 0.05) is 5.56 Å². The van der Waals surface area contributed by atoms with Gasteiger partial charge in [0.2, 0.25) is 0 Å². The van der Waals surface area contributed by atoms with Crippen LogP contribution in [0.5, 0.6) is 0 Å². The van der Waals surface area contributed by atoms with Crippen molar-refractivity contribution < 1.29 is 0 Å². The van der Waals surface area contributed by atoms with E-state index in [0.717, 1.165) is 33.7 Å². The van der Waals surface area contributed by atoms with Crippen molar-refractivity contribution in [2.75, 3.05) is 0 Å². The summed E-state index contributed by atoms with van der Waals surface area (Å²) in [6, 6.07) is 46.3. The zero-order valence-electron chi connectivity index (χ0n) is 22.2. The van der Waals surface area contributed by atoms with Crippen molar-refractivity contribution in [3.05, 3.63) is 156 Å². The Bertz CT molecular complexity index is 1630. The molecule has 2 atom stereocenters. The molecule has 0 bridgehead atoms. The van der Waals surface area contributed by atoms with Crippen LogP contribution >= 0.6 is 0 Å². The third-order valence-corrected chi connectivity index (χ3v) is 7.22. The Kier molecular flexibility index (Phi) is 7.20. The number of rotatable bonds is 8. The molecule has 40 heavy (non-hydrogen) atoms. The Morgan fingerprint density at radius 2 is 1.27 bits per heavy atom. The van der Waals surface area contributed by atoms with Crippen molar-refractivity contribution in [3.8, 4) is 22.3 Å². The average Bonchev–Trinajstić information content (AvgIpc) is 3.46. The fraction of sp³-hybridized carbons (Fsp3) is 0.0857. The molecule has 6 rings (SSSR count). The maximum absolute atomic E-state index is 6.03. The lowest BCUT2D eigenvalue weighted by Gasteiger charge is -2.24. The van der Waals surface area contributed by atoms with Crippen LogP contribution in [0.1, 0.15) is 34.6 Å². The Labute approximate surface area is 235 Å². The van der Waals surface area contributed by atoms with E-state index < -0.39 is 6.17 Å². The number of benzene rings is 5. The topological polar surface area (TPSA) is 66.0 Å². The summed E-state index contributed by atoms with van der Waals surface area (Å²) < 4.78 is 0. The number of hydrogen-bond donors (Lipinski definition) is 2. The van der Waals surface area contributed by atoms with Crippen molar-refractivity contribution in [1.82, 2.24) is 10.3 Å². The minimum Gasteiger partial charge on any atom is -0.343 e. The van der Waals surface area contributed by atoms with Crippen LogP contribution in [-0.4, -0.2) is 17.6 Å². The SMILES string of the molecule is C=NC(N)c1ccc(CN2N=C(c3cccc(-c4ccccc4)c3)NC2c2cccc(-c3ccccc3)c2)cc1. The lowest BCUT2D eigenvalue weighted by molar-refractivity contribution is 0.209. The highest BCUT2D eigenvalue weighted by atomic mass is 15.6. The van der Waals surface area contributed by atoms with E-state index in [9.17, 15) is 0 Å². The second-order valence-electron chi connectivity index (χ2n) is 9.90. The third kappa shape index (κ3) is 5.41. The summed E-state index contributed by atoms with van der Waals surface area (Å²) >= 11 is 0. The number of nitrogens with zero attached hydrogens (tertiary/aromatic N) is 3. The van der Waals surface area contributed by atoms with Gasteiger partial charge in [0.1, 0.15) is 12.3 Å². The maximum Gasteiger partial charge on any atom is 0.155 e. The smallest absolute Gasteiger partial charge is 0.155 e. The first-order valence-electron chi connectivity index (χ1n) is 13.4. The summed E-state index contributed by atoms with van der Waals surface area (Å²) in [6.45, 7) is 4.20. The van der Waals surface area contributed by atoms with Crippen LogP contribution in [0, 0.1) is 0 Å². The molecular formula is C35H31N5. The molecule has 5 aromatic rings. The molecule has 196 valence electrons. The molecule has 0 saturated carbocycles. The summed E-state index contributed by atoms with van der Waals surface area (Å²) in [6.07, 6.45) is -0.548. The predicted molar refractivity (Wildman–Crippen MR) is 165 cm³/mol. The first kappa shape index (κ1) is 25.3. The van der Waals surface area contributed by atoms with Crippen LogP contribution in [-0.2, 0) is 6.54 Å². The first-order valence-corrected chi connectivity index (χ1v) is 13.4. The van der Waals surface area contributed by atoms with Gasteiger partial charge >= 0.3 is 0 Å². The average molecular weight is 522 g/mol. The zero-order chi connectivity index (χ0) is 27.3. The van der Waals surface area contributed by atoms with Crippen molar-refractivity contribution in [3.63, 3.8) is 0 Å². The Hall–Kier alpha value is -5.00. The number of hydrazone groups is 1. The van der Waals surface area contributed by atoms with Crippen molar-refractivity contribution in [2.45, 2.75) is 18.9 Å². The summed E-state index contributed by atoms with van der Waals surface area (Å²) in [7, 11) is 0. The first-order chi connectivity index (χ1) is 19.7. The molecule has 0 aromatic heterocycles. The Morgan fingerprint density at radius 3 is 1.93 bits per heavy atom. The number of aliphatic imine (C=N–C) groups is 1. The van der Waals surface area contributed by atoms with Gasteiger partial charge in [-0.15, -0.1) is 0 Å². The molecule has 1 aliphatic heterocycles. The molecule has 3 N–H and O–H groups in total. The van der Waals surface area contributed by atoms with Crippen molar-refractivity contribution in [1.29, 1.82) is 0 Å². The van der Waals surface area contributed by atoms with Crippen LogP contribution < -0.4 is 11.1 Å². The summed E-state index contributed by atoms with van der Waals surface area (Å²) in [4.78, 5) is 3.93. The third-order valence-electron chi connectivity index (χ3n) is 7.22. The maximum atomic E-state index is 6.03. The highest BCUT2D eigenvalue weighted by Gasteiger charge is 2.28. The lowest BCUT2D eigenvalue weighted by atomic mass is 10.0. The fourth-order valence-corrected chi connectivity index (χ4v) is 5.05. The minimum atomic E-state index is -0.419. The van der Waals surface area contributed by atoms with Crippen LogP contribution in [0.15, 0.2) is 144 Å². The van der Waals surface area contributed by atoms with Crippen LogP contribution in [0.4, 0.5) is 0 Å². The van der Waals surface area contributed by atoms with Gasteiger partial charge in [-0.05, 0) is 57.8 Å². The molecule has 0 spiro atoms. The van der Waals surface area contributed by atoms with Crippen molar-refractivity contribution in [2.24, 2.45) is 15.8 Å². The molecule has 0 aliphatic carbocycles. The van der Waals surface area contributed by atoms with E-state index in [4.69, 9.17) is 10.8 Å². The highest BCUT2D eigenvalue weighted by Crippen LogP contribution is 2.31. The second-order valence-corrected chi connectivity index (χ2v) is 9.90. The normalized spacial score (nSPS) is 15.3. The number of nitrogens with one attached hydrogen (secondary N) is 1. The van der Waals surface area contributed by atoms with E-state index in [2.05, 4.69) is 131 Å². The molecule has 2 unspecified atom stereocenters. The van der Waals surface area contributed by atoms with Gasteiger partial charge in [0.05, 0.1) is 6.54 Å². The van der Waals surface area contributed by atoms with Gasteiger partial charge in [-0.25, -0.2) is 0 Å². The monoisotopic (exact) mass is 521 g/mol. The minimum absolute atomic E-state index is 0.129. The van der Waals surface area contributed by atoms with Gasteiger partial charge in [-0.3, -0.25) is 10.0 Å². The van der Waals surface area contributed by atoms with Gasteiger partial charge in [0.15, 0.2) is 5.84 Å². The lowest BCUT2D eigenvalue weighted by Crippen LogP contribution is -2.30. The number of hydrogen-bond acceptors (Lipinski definition) is 5. The largest absolute Gasteiger partial charge is 0.343 e. The van der Waals surface area contributed by atoms with Gasteiger partial charge in [0.25, 0.3) is 0 Å². The van der Waals surface area contributed by atoms with E-state index in [-0.39, 0.29) is 6.17 Å². The summed E-state index contributed by atoms with van der Waals surface area (Å²) in [5.41, 5.74) is 15.0. The van der Waals surface area contributed by atoms with Gasteiger partial charge < -0.3 is 11.1 Å². The molecule has 0 saturated heterocycles. The van der Waals surface area contributed by atoms with E-state index in [1.54, 1.807) is 0 Å². The number of nitrogens with two attached hydrogens (primary N) is 1. The van der Waals surface area contributed by atoms with Crippen LogP contribution in [0.3, 0.4) is 0 Å². The molecule has 0 amide bonds. The van der Waals surface area contributed by atoms with Gasteiger partial charge in [-0.2, -0.15) is 5.10 Å². The molecule has 5 aromatic carbocycles. The van der Waals surface area contributed by atoms with Gasteiger partial charge in [-0.1, -0.05) is 121 Å². The predicted octanol–water partition coefficient (Wildman–Crippen LogP) is 7.14. The summed E-state index contributed by atoms with van der Waals surface area (Å²) in [5, 5.41) is 11.0. The summed E-state index contributed by atoms with van der Waals surface area (Å²) in [5.74, 6) is 0.849. The van der Waals surface area contributed by atoms with Crippen LogP contribution in [0.25, 0.3) is 22.3 Å². The second kappa shape index (κ2) is 11.4. The molecule has 0 radical (unpaired) electrons. The quantitative estimate of drug-likeness (QED) is 0.213. The van der Waals surface area contributed by atoms with E-state index >= 15 is 0 Å². The molecule has 5 heteroatoms. The van der Waals surface area contributed by atoms with E-state index in [1.165, 1.54) is 16.7 Å². The molecule has 5 nitrogen and oxygen atoms in total. The van der Waals surface area contributed by atoms with Crippen LogP contribution in [0.2, 0.25) is 0 Å². The molecule has 1 aliphatic rings. The number of amidine groups is 1. The fourth-order valence-electron chi connectivity index (χ4n) is 5.05. The van der Waals surface area contributed by atoms with E-state index in [1.807, 2.05) is 24.3 Å². The van der Waals surface area contributed by atoms with E-state index in [0.29, 0.717) is 6.54 Å². The molecule has 1 heterocycles. The Balaban J connectivity index is 1.34. The molecular weight excluding hydrogens is 490 g/mol. The standard InChI is InChI=1S/C35H31N5/c1-37-33(36)28-20-18-25(19-21-28)24-40-35(32-17-9-15-30(23-32)27-12-6-3-7-13-27)38-34(39-40)31-16-8-14-29(22-31)26-10-4-2-5-11-26/h2-23,33,35H,1,24,36H2,(H,38,39). The van der Waals surface area contributed by atoms with Crippen molar-refractivity contribution >= 4 is 12.6 Å². The Morgan fingerprint density at radius 1 is 0.700 bits per heavy atom. The molecule has 0 fully saturated rings.